The number of aliphatic hydroxyl groups excluding tert-OH is 4. The molecule has 1 saturated heterocycles. The summed E-state index contributed by atoms with van der Waals surface area (Å²) in [6.45, 7) is -0.306. The van der Waals surface area contributed by atoms with E-state index in [0.29, 0.717) is 11.3 Å². The lowest BCUT2D eigenvalue weighted by molar-refractivity contribution is -0.366. The summed E-state index contributed by atoms with van der Waals surface area (Å²) in [5.74, 6) is -1.05. The summed E-state index contributed by atoms with van der Waals surface area (Å²) in [5.41, 5.74) is 1.18. The topological polar surface area (TPSA) is 109 Å². The normalized spacial score (nSPS) is 30.2. The Labute approximate surface area is 171 Å². The number of hydrogen-bond donors (Lipinski definition) is 4. The third-order valence-electron chi connectivity index (χ3n) is 4.84. The standard InChI is InChI=1S/C20H23BrO7/c1-26-20(19(25)18(24)17(23)16(10-22)28-20)13-7-8-15(21)12(9-13)11-27-14-5-3-2-4-6-14/h2-9,16-19,22-25H,10-11H2,1H3. The summed E-state index contributed by atoms with van der Waals surface area (Å²) >= 11 is 3.48. The molecule has 2 aromatic carbocycles. The zero-order valence-electron chi connectivity index (χ0n) is 15.2. The van der Waals surface area contributed by atoms with Crippen LogP contribution in [0.5, 0.6) is 5.75 Å². The average Bonchev–Trinajstić information content (AvgIpc) is 2.73. The smallest absolute Gasteiger partial charge is 0.224 e. The highest BCUT2D eigenvalue weighted by Crippen LogP contribution is 2.40. The SMILES string of the molecule is COC1(c2ccc(Br)c(COc3ccccc3)c2)OC(CO)C(O)C(O)C1O. The van der Waals surface area contributed by atoms with Gasteiger partial charge in [-0.25, -0.2) is 0 Å². The molecule has 0 spiro atoms. The molecule has 5 unspecified atom stereocenters. The van der Waals surface area contributed by atoms with Gasteiger partial charge in [-0.1, -0.05) is 40.2 Å². The first kappa shape index (κ1) is 21.2. The Balaban J connectivity index is 1.92. The van der Waals surface area contributed by atoms with Crippen LogP contribution in [0.1, 0.15) is 11.1 Å². The van der Waals surface area contributed by atoms with E-state index in [1.807, 2.05) is 30.3 Å². The van der Waals surface area contributed by atoms with E-state index in [1.165, 1.54) is 7.11 Å². The van der Waals surface area contributed by atoms with Crippen LogP contribution in [-0.2, 0) is 21.9 Å². The van der Waals surface area contributed by atoms with Crippen molar-refractivity contribution in [1.82, 2.24) is 0 Å². The van der Waals surface area contributed by atoms with Crippen LogP contribution in [0.25, 0.3) is 0 Å². The third kappa shape index (κ3) is 3.95. The molecule has 0 saturated carbocycles. The number of ether oxygens (including phenoxy) is 3. The average molecular weight is 455 g/mol. The Hall–Kier alpha value is -1.52. The lowest BCUT2D eigenvalue weighted by atomic mass is 9.87. The van der Waals surface area contributed by atoms with Crippen LogP contribution in [0, 0.1) is 0 Å². The van der Waals surface area contributed by atoms with Crippen LogP contribution >= 0.6 is 15.9 Å². The van der Waals surface area contributed by atoms with Crippen LogP contribution in [0.15, 0.2) is 53.0 Å². The highest BCUT2D eigenvalue weighted by molar-refractivity contribution is 9.10. The molecule has 1 aliphatic rings. The van der Waals surface area contributed by atoms with Crippen molar-refractivity contribution in [3.63, 3.8) is 0 Å². The molecule has 8 heteroatoms. The van der Waals surface area contributed by atoms with Crippen molar-refractivity contribution in [2.75, 3.05) is 13.7 Å². The van der Waals surface area contributed by atoms with E-state index in [2.05, 4.69) is 15.9 Å². The third-order valence-corrected chi connectivity index (χ3v) is 5.61. The summed E-state index contributed by atoms with van der Waals surface area (Å²) in [4.78, 5) is 0. The molecule has 4 N–H and O–H groups in total. The van der Waals surface area contributed by atoms with E-state index < -0.39 is 36.8 Å². The fourth-order valence-corrected chi connectivity index (χ4v) is 3.61. The van der Waals surface area contributed by atoms with Gasteiger partial charge in [-0.15, -0.1) is 0 Å². The minimum atomic E-state index is -1.76. The van der Waals surface area contributed by atoms with Crippen molar-refractivity contribution in [1.29, 1.82) is 0 Å². The van der Waals surface area contributed by atoms with E-state index in [1.54, 1.807) is 18.2 Å². The highest BCUT2D eigenvalue weighted by Gasteiger charge is 2.55. The molecule has 0 bridgehead atoms. The second kappa shape index (κ2) is 8.87. The Morgan fingerprint density at radius 1 is 1.07 bits per heavy atom. The van der Waals surface area contributed by atoms with Crippen LogP contribution in [0.2, 0.25) is 0 Å². The van der Waals surface area contributed by atoms with Crippen LogP contribution in [-0.4, -0.2) is 58.6 Å². The number of aliphatic hydroxyl groups is 4. The maximum absolute atomic E-state index is 10.6. The molecular weight excluding hydrogens is 432 g/mol. The number of methoxy groups -OCH3 is 1. The van der Waals surface area contributed by atoms with Crippen molar-refractivity contribution in [2.24, 2.45) is 0 Å². The predicted molar refractivity (Wildman–Crippen MR) is 104 cm³/mol. The van der Waals surface area contributed by atoms with Crippen LogP contribution < -0.4 is 4.74 Å². The molecule has 7 nitrogen and oxygen atoms in total. The number of hydrogen-bond acceptors (Lipinski definition) is 7. The molecule has 152 valence electrons. The molecule has 1 aliphatic heterocycles. The van der Waals surface area contributed by atoms with Gasteiger partial charge in [0.15, 0.2) is 0 Å². The van der Waals surface area contributed by atoms with Gasteiger partial charge in [0, 0.05) is 22.7 Å². The largest absolute Gasteiger partial charge is 0.489 e. The molecule has 2 aromatic rings. The van der Waals surface area contributed by atoms with Gasteiger partial charge >= 0.3 is 0 Å². The monoisotopic (exact) mass is 454 g/mol. The van der Waals surface area contributed by atoms with E-state index >= 15 is 0 Å². The van der Waals surface area contributed by atoms with Crippen molar-refractivity contribution in [3.05, 3.63) is 64.1 Å². The maximum atomic E-state index is 10.6. The number of para-hydroxylation sites is 1. The predicted octanol–water partition coefficient (Wildman–Crippen LogP) is 1.30. The Morgan fingerprint density at radius 2 is 1.79 bits per heavy atom. The van der Waals surface area contributed by atoms with Gasteiger partial charge in [0.05, 0.1) is 6.61 Å². The van der Waals surface area contributed by atoms with E-state index in [4.69, 9.17) is 14.2 Å². The fourth-order valence-electron chi connectivity index (χ4n) is 3.25. The Bertz CT molecular complexity index is 785. The maximum Gasteiger partial charge on any atom is 0.224 e. The van der Waals surface area contributed by atoms with Gasteiger partial charge in [-0.3, -0.25) is 0 Å². The van der Waals surface area contributed by atoms with Crippen LogP contribution in [0.3, 0.4) is 0 Å². The molecule has 5 atom stereocenters. The zero-order valence-corrected chi connectivity index (χ0v) is 16.8. The molecule has 0 aliphatic carbocycles. The van der Waals surface area contributed by atoms with Gasteiger partial charge in [-0.05, 0) is 24.3 Å². The molecule has 0 aromatic heterocycles. The molecule has 0 amide bonds. The molecular formula is C20H23BrO7. The van der Waals surface area contributed by atoms with E-state index in [9.17, 15) is 20.4 Å². The van der Waals surface area contributed by atoms with Crippen molar-refractivity contribution in [3.8, 4) is 5.75 Å². The first-order valence-corrected chi connectivity index (χ1v) is 9.57. The first-order valence-electron chi connectivity index (χ1n) is 8.77. The molecule has 28 heavy (non-hydrogen) atoms. The lowest BCUT2D eigenvalue weighted by Crippen LogP contribution is -2.64. The Morgan fingerprint density at radius 3 is 2.43 bits per heavy atom. The zero-order chi connectivity index (χ0) is 20.3. The van der Waals surface area contributed by atoms with E-state index in [-0.39, 0.29) is 6.61 Å². The van der Waals surface area contributed by atoms with Gasteiger partial charge in [-0.2, -0.15) is 0 Å². The number of rotatable bonds is 6. The lowest BCUT2D eigenvalue weighted by Gasteiger charge is -2.47. The van der Waals surface area contributed by atoms with Gasteiger partial charge in [0.2, 0.25) is 5.79 Å². The summed E-state index contributed by atoms with van der Waals surface area (Å²) in [5, 5.41) is 40.4. The minimum absolute atomic E-state index is 0.239. The van der Waals surface area contributed by atoms with Crippen LogP contribution in [0.4, 0.5) is 0 Å². The molecule has 1 heterocycles. The molecule has 3 rings (SSSR count). The van der Waals surface area contributed by atoms with Gasteiger partial charge in [0.25, 0.3) is 0 Å². The summed E-state index contributed by atoms with van der Waals surface area (Å²) < 4.78 is 17.8. The highest BCUT2D eigenvalue weighted by atomic mass is 79.9. The number of benzene rings is 2. The Kier molecular flexibility index (Phi) is 6.72. The second-order valence-electron chi connectivity index (χ2n) is 6.54. The first-order chi connectivity index (χ1) is 13.4. The summed E-state index contributed by atoms with van der Waals surface area (Å²) in [7, 11) is 1.32. The minimum Gasteiger partial charge on any atom is -0.489 e. The van der Waals surface area contributed by atoms with E-state index in [0.717, 1.165) is 10.0 Å². The van der Waals surface area contributed by atoms with Crippen molar-refractivity contribution < 1.29 is 34.6 Å². The summed E-state index contributed by atoms with van der Waals surface area (Å²) in [6.07, 6.45) is -5.69. The van der Waals surface area contributed by atoms with Crippen molar-refractivity contribution >= 4 is 15.9 Å². The number of halogens is 1. The van der Waals surface area contributed by atoms with Gasteiger partial charge in [0.1, 0.15) is 36.8 Å². The second-order valence-corrected chi connectivity index (χ2v) is 7.40. The molecule has 1 fully saturated rings. The fraction of sp³-hybridized carbons (Fsp3) is 0.400. The molecule has 0 radical (unpaired) electrons. The van der Waals surface area contributed by atoms with Crippen molar-refractivity contribution in [2.45, 2.75) is 36.8 Å². The quantitative estimate of drug-likeness (QED) is 0.520. The van der Waals surface area contributed by atoms with Gasteiger partial charge < -0.3 is 34.6 Å². The summed E-state index contributed by atoms with van der Waals surface area (Å²) in [6, 6.07) is 14.5.